The standard InChI is InChI=1S/C20H21N5OS/c26-19(14-27-17-8-10-21-11-9-17)22-16-6-4-5-15(13-16)20-24-23-18-7-2-1-3-12-25(18)20/h4-6,8-11,13H,1-3,7,12,14H2,(H,22,26). The minimum Gasteiger partial charge on any atom is -0.325 e. The molecule has 1 aliphatic rings. The second-order valence-electron chi connectivity index (χ2n) is 6.50. The van der Waals surface area contributed by atoms with E-state index < -0.39 is 0 Å². The van der Waals surface area contributed by atoms with Gasteiger partial charge in [-0.3, -0.25) is 9.78 Å². The van der Waals surface area contributed by atoms with Crippen molar-refractivity contribution in [2.75, 3.05) is 11.1 Å². The minimum absolute atomic E-state index is 0.0333. The van der Waals surface area contributed by atoms with Crippen LogP contribution >= 0.6 is 11.8 Å². The second kappa shape index (κ2) is 8.35. The maximum Gasteiger partial charge on any atom is 0.234 e. The zero-order chi connectivity index (χ0) is 18.5. The van der Waals surface area contributed by atoms with Gasteiger partial charge in [-0.05, 0) is 37.1 Å². The lowest BCUT2D eigenvalue weighted by molar-refractivity contribution is -0.113. The SMILES string of the molecule is O=C(CSc1ccncc1)Nc1cccc(-c2nnc3n2CCCCC3)c1. The van der Waals surface area contributed by atoms with Gasteiger partial charge in [0.25, 0.3) is 0 Å². The summed E-state index contributed by atoms with van der Waals surface area (Å²) in [6, 6.07) is 11.6. The molecule has 0 unspecified atom stereocenters. The smallest absolute Gasteiger partial charge is 0.234 e. The number of nitrogens with one attached hydrogen (secondary N) is 1. The molecule has 1 aromatic carbocycles. The Kier molecular flexibility index (Phi) is 5.48. The van der Waals surface area contributed by atoms with Crippen LogP contribution in [0.15, 0.2) is 53.7 Å². The third-order valence-electron chi connectivity index (χ3n) is 4.53. The number of nitrogens with zero attached hydrogens (tertiary/aromatic N) is 4. The first-order chi connectivity index (χ1) is 13.3. The van der Waals surface area contributed by atoms with E-state index >= 15 is 0 Å². The van der Waals surface area contributed by atoms with Crippen molar-refractivity contribution < 1.29 is 4.79 Å². The van der Waals surface area contributed by atoms with Crippen molar-refractivity contribution in [2.24, 2.45) is 0 Å². The highest BCUT2D eigenvalue weighted by Crippen LogP contribution is 2.25. The zero-order valence-corrected chi connectivity index (χ0v) is 15.8. The Morgan fingerprint density at radius 2 is 2.00 bits per heavy atom. The summed E-state index contributed by atoms with van der Waals surface area (Å²) in [5, 5.41) is 11.7. The molecule has 1 amide bonds. The van der Waals surface area contributed by atoms with Crippen LogP contribution in [0.5, 0.6) is 0 Å². The predicted molar refractivity (Wildman–Crippen MR) is 107 cm³/mol. The van der Waals surface area contributed by atoms with Crippen molar-refractivity contribution in [2.45, 2.75) is 37.1 Å². The molecule has 0 saturated carbocycles. The molecule has 0 bridgehead atoms. The summed E-state index contributed by atoms with van der Waals surface area (Å²) < 4.78 is 2.22. The van der Waals surface area contributed by atoms with E-state index in [4.69, 9.17) is 0 Å². The number of benzene rings is 1. The van der Waals surface area contributed by atoms with Crippen LogP contribution in [0.3, 0.4) is 0 Å². The molecule has 27 heavy (non-hydrogen) atoms. The molecule has 0 atom stereocenters. The molecule has 0 aliphatic carbocycles. The molecule has 7 heteroatoms. The predicted octanol–water partition coefficient (Wildman–Crippen LogP) is 3.80. The van der Waals surface area contributed by atoms with Crippen LogP contribution in [0.2, 0.25) is 0 Å². The molecule has 1 N–H and O–H groups in total. The second-order valence-corrected chi connectivity index (χ2v) is 7.55. The lowest BCUT2D eigenvalue weighted by atomic mass is 10.2. The third kappa shape index (κ3) is 4.36. The average Bonchev–Trinajstić information content (AvgIpc) is 2.96. The lowest BCUT2D eigenvalue weighted by Gasteiger charge is -2.09. The molecule has 2 aromatic heterocycles. The molecule has 3 aromatic rings. The largest absolute Gasteiger partial charge is 0.325 e. The number of thioether (sulfide) groups is 1. The van der Waals surface area contributed by atoms with Crippen molar-refractivity contribution in [1.29, 1.82) is 0 Å². The molecular formula is C20H21N5OS. The van der Waals surface area contributed by atoms with Gasteiger partial charge in [-0.1, -0.05) is 18.6 Å². The molecule has 1 aliphatic heterocycles. The first kappa shape index (κ1) is 17.7. The Balaban J connectivity index is 1.45. The highest BCUT2D eigenvalue weighted by molar-refractivity contribution is 8.00. The van der Waals surface area contributed by atoms with E-state index in [1.807, 2.05) is 36.4 Å². The van der Waals surface area contributed by atoms with Gasteiger partial charge in [0.1, 0.15) is 5.82 Å². The van der Waals surface area contributed by atoms with Gasteiger partial charge in [0, 0.05) is 41.5 Å². The summed E-state index contributed by atoms with van der Waals surface area (Å²) in [5.74, 6) is 2.27. The van der Waals surface area contributed by atoms with Gasteiger partial charge >= 0.3 is 0 Å². The fraction of sp³-hybridized carbons (Fsp3) is 0.300. The van der Waals surface area contributed by atoms with Gasteiger partial charge in [-0.25, -0.2) is 0 Å². The van der Waals surface area contributed by atoms with Crippen molar-refractivity contribution in [3.05, 3.63) is 54.6 Å². The summed E-state index contributed by atoms with van der Waals surface area (Å²) in [4.78, 5) is 17.3. The topological polar surface area (TPSA) is 72.7 Å². The van der Waals surface area contributed by atoms with Crippen molar-refractivity contribution >= 4 is 23.4 Å². The number of rotatable bonds is 5. The van der Waals surface area contributed by atoms with E-state index in [0.29, 0.717) is 5.75 Å². The Hall–Kier alpha value is -2.67. The Bertz CT molecular complexity index is 925. The highest BCUT2D eigenvalue weighted by atomic mass is 32.2. The number of carbonyl (C=O) groups excluding carboxylic acids is 1. The fourth-order valence-corrected chi connectivity index (χ4v) is 3.90. The van der Waals surface area contributed by atoms with Gasteiger partial charge < -0.3 is 9.88 Å². The molecule has 6 nitrogen and oxygen atoms in total. The van der Waals surface area contributed by atoms with Crippen LogP contribution in [0.4, 0.5) is 5.69 Å². The summed E-state index contributed by atoms with van der Waals surface area (Å²) in [5.41, 5.74) is 1.76. The number of carbonyl (C=O) groups is 1. The fourth-order valence-electron chi connectivity index (χ4n) is 3.22. The number of anilines is 1. The number of aromatic nitrogens is 4. The highest BCUT2D eigenvalue weighted by Gasteiger charge is 2.16. The minimum atomic E-state index is -0.0333. The van der Waals surface area contributed by atoms with Gasteiger partial charge in [0.05, 0.1) is 5.75 Å². The van der Waals surface area contributed by atoms with Gasteiger partial charge in [0.2, 0.25) is 5.91 Å². The molecule has 0 spiro atoms. The number of hydrogen-bond donors (Lipinski definition) is 1. The third-order valence-corrected chi connectivity index (χ3v) is 5.55. The van der Waals surface area contributed by atoms with Gasteiger partial charge in [-0.15, -0.1) is 22.0 Å². The molecular weight excluding hydrogens is 358 g/mol. The lowest BCUT2D eigenvalue weighted by Crippen LogP contribution is -2.14. The molecule has 0 saturated heterocycles. The quantitative estimate of drug-likeness (QED) is 0.683. The maximum absolute atomic E-state index is 12.3. The first-order valence-electron chi connectivity index (χ1n) is 9.15. The number of amides is 1. The molecule has 3 heterocycles. The summed E-state index contributed by atoms with van der Waals surface area (Å²) in [6.07, 6.45) is 7.99. The van der Waals surface area contributed by atoms with E-state index in [2.05, 4.69) is 25.1 Å². The summed E-state index contributed by atoms with van der Waals surface area (Å²) >= 11 is 1.49. The molecule has 0 radical (unpaired) electrons. The molecule has 0 fully saturated rings. The van der Waals surface area contributed by atoms with E-state index in [1.165, 1.54) is 24.6 Å². The zero-order valence-electron chi connectivity index (χ0n) is 15.0. The van der Waals surface area contributed by atoms with E-state index in [9.17, 15) is 4.79 Å². The molecule has 4 rings (SSSR count). The normalized spacial score (nSPS) is 13.6. The van der Waals surface area contributed by atoms with Crippen molar-refractivity contribution in [3.8, 4) is 11.4 Å². The monoisotopic (exact) mass is 379 g/mol. The van der Waals surface area contributed by atoms with Crippen LogP contribution in [0.25, 0.3) is 11.4 Å². The number of aryl methyl sites for hydroxylation is 1. The Labute approximate surface area is 162 Å². The van der Waals surface area contributed by atoms with Gasteiger partial charge in [0.15, 0.2) is 5.82 Å². The molecule has 138 valence electrons. The van der Waals surface area contributed by atoms with E-state index in [1.54, 1.807) is 12.4 Å². The van der Waals surface area contributed by atoms with Crippen molar-refractivity contribution in [1.82, 2.24) is 19.7 Å². The van der Waals surface area contributed by atoms with Crippen molar-refractivity contribution in [3.63, 3.8) is 0 Å². The van der Waals surface area contributed by atoms with Crippen LogP contribution in [-0.4, -0.2) is 31.4 Å². The first-order valence-corrected chi connectivity index (χ1v) is 10.1. The average molecular weight is 379 g/mol. The van der Waals surface area contributed by atoms with E-state index in [-0.39, 0.29) is 5.91 Å². The summed E-state index contributed by atoms with van der Waals surface area (Å²) in [7, 11) is 0. The number of fused-ring (bicyclic) bond motifs is 1. The maximum atomic E-state index is 12.3. The Morgan fingerprint density at radius 1 is 1.11 bits per heavy atom. The van der Waals surface area contributed by atoms with Crippen LogP contribution in [0, 0.1) is 0 Å². The summed E-state index contributed by atoms with van der Waals surface area (Å²) in [6.45, 7) is 0.955. The number of hydrogen-bond acceptors (Lipinski definition) is 5. The van der Waals surface area contributed by atoms with Crippen LogP contribution in [-0.2, 0) is 17.8 Å². The van der Waals surface area contributed by atoms with Crippen LogP contribution in [0.1, 0.15) is 25.1 Å². The van der Waals surface area contributed by atoms with Gasteiger partial charge in [-0.2, -0.15) is 0 Å². The number of pyridine rings is 1. The Morgan fingerprint density at radius 3 is 2.89 bits per heavy atom. The van der Waals surface area contributed by atoms with E-state index in [0.717, 1.165) is 47.2 Å². The van der Waals surface area contributed by atoms with Crippen LogP contribution < -0.4 is 5.32 Å².